The van der Waals surface area contributed by atoms with Gasteiger partial charge in [0.1, 0.15) is 6.04 Å². The highest BCUT2D eigenvalue weighted by Gasteiger charge is 2.35. The predicted octanol–water partition coefficient (Wildman–Crippen LogP) is 1.86. The van der Waals surface area contributed by atoms with Gasteiger partial charge in [-0.2, -0.15) is 5.10 Å². The van der Waals surface area contributed by atoms with Crippen LogP contribution in [-0.2, 0) is 16.6 Å². The van der Waals surface area contributed by atoms with Gasteiger partial charge in [-0.05, 0) is 33.1 Å². The van der Waals surface area contributed by atoms with Gasteiger partial charge in [0.15, 0.2) is 0 Å². The van der Waals surface area contributed by atoms with Crippen molar-refractivity contribution in [3.63, 3.8) is 0 Å². The lowest BCUT2D eigenvalue weighted by Gasteiger charge is -2.31. The number of carbonyl (C=O) groups is 2. The molecule has 0 saturated carbocycles. The number of nitrogens with zero attached hydrogens (tertiary/aromatic N) is 3. The van der Waals surface area contributed by atoms with Crippen molar-refractivity contribution in [3.05, 3.63) is 17.0 Å². The minimum Gasteiger partial charge on any atom is -0.348 e. The summed E-state index contributed by atoms with van der Waals surface area (Å²) in [6, 6.07) is -0.528. The zero-order valence-electron chi connectivity index (χ0n) is 15.0. The van der Waals surface area contributed by atoms with E-state index in [1.54, 1.807) is 4.90 Å². The smallest absolute Gasteiger partial charge is 0.243 e. The molecule has 2 rings (SSSR count). The Hall–Kier alpha value is -1.85. The summed E-state index contributed by atoms with van der Waals surface area (Å²) >= 11 is 0. The van der Waals surface area contributed by atoms with E-state index in [1.165, 1.54) is 0 Å². The third kappa shape index (κ3) is 3.41. The fourth-order valence-corrected chi connectivity index (χ4v) is 3.55. The first-order valence-corrected chi connectivity index (χ1v) is 8.34. The van der Waals surface area contributed by atoms with Crippen LogP contribution in [0.15, 0.2) is 0 Å². The Bertz CT molecular complexity index is 606. The van der Waals surface area contributed by atoms with Crippen molar-refractivity contribution in [3.8, 4) is 0 Å². The van der Waals surface area contributed by atoms with E-state index in [1.807, 2.05) is 46.3 Å². The molecule has 2 atom stereocenters. The highest BCUT2D eigenvalue weighted by Crippen LogP contribution is 2.23. The predicted molar refractivity (Wildman–Crippen MR) is 88.8 cm³/mol. The van der Waals surface area contributed by atoms with Crippen LogP contribution in [0.2, 0.25) is 0 Å². The van der Waals surface area contributed by atoms with Gasteiger partial charge >= 0.3 is 0 Å². The van der Waals surface area contributed by atoms with Gasteiger partial charge in [0.25, 0.3) is 0 Å². The van der Waals surface area contributed by atoms with Crippen LogP contribution in [0, 0.1) is 19.8 Å². The molecule has 0 aliphatic carbocycles. The highest BCUT2D eigenvalue weighted by atomic mass is 16.2. The van der Waals surface area contributed by atoms with Gasteiger partial charge in [-0.25, -0.2) is 0 Å². The molecule has 6 nitrogen and oxygen atoms in total. The molecule has 1 aromatic heterocycles. The van der Waals surface area contributed by atoms with Gasteiger partial charge in [0.05, 0.1) is 11.7 Å². The van der Waals surface area contributed by atoms with Crippen molar-refractivity contribution in [2.24, 2.45) is 13.0 Å². The SMILES string of the molecule is Cc1nn(C)c(C)c1[C@H](C)NC(=O)[C@H](C(C)C)N1CCCC1=O. The summed E-state index contributed by atoms with van der Waals surface area (Å²) in [4.78, 5) is 26.6. The molecule has 1 aromatic rings. The number of likely N-dealkylation sites (tertiary alicyclic amines) is 1. The van der Waals surface area contributed by atoms with E-state index >= 15 is 0 Å². The minimum absolute atomic E-state index is 0.0783. The summed E-state index contributed by atoms with van der Waals surface area (Å²) in [6.07, 6.45) is 1.39. The number of nitrogens with one attached hydrogen (secondary N) is 1. The molecule has 1 N–H and O–H groups in total. The zero-order chi connectivity index (χ0) is 17.3. The third-order valence-corrected chi connectivity index (χ3v) is 4.70. The van der Waals surface area contributed by atoms with E-state index in [2.05, 4.69) is 10.4 Å². The lowest BCUT2D eigenvalue weighted by Crippen LogP contribution is -2.50. The Morgan fingerprint density at radius 2 is 1.91 bits per heavy atom. The van der Waals surface area contributed by atoms with Crippen LogP contribution in [0.25, 0.3) is 0 Å². The van der Waals surface area contributed by atoms with Gasteiger partial charge in [0.2, 0.25) is 11.8 Å². The van der Waals surface area contributed by atoms with Crippen LogP contribution in [-0.4, -0.2) is 39.1 Å². The zero-order valence-corrected chi connectivity index (χ0v) is 15.0. The minimum atomic E-state index is -0.398. The average molecular weight is 320 g/mol. The summed E-state index contributed by atoms with van der Waals surface area (Å²) in [6.45, 7) is 10.6. The van der Waals surface area contributed by atoms with Crippen LogP contribution < -0.4 is 5.32 Å². The standard InChI is InChI=1S/C17H28N4O2/c1-10(2)16(21-9-7-8-14(21)22)17(23)18-11(3)15-12(4)19-20(6)13(15)5/h10-11,16H,7-9H2,1-6H3,(H,18,23)/t11-,16-/m0/s1. The fourth-order valence-electron chi connectivity index (χ4n) is 3.55. The second-order valence-corrected chi connectivity index (χ2v) is 6.82. The number of aromatic nitrogens is 2. The van der Waals surface area contributed by atoms with Crippen LogP contribution in [0.5, 0.6) is 0 Å². The number of hydrogen-bond donors (Lipinski definition) is 1. The van der Waals surface area contributed by atoms with E-state index in [-0.39, 0.29) is 23.8 Å². The Morgan fingerprint density at radius 3 is 2.35 bits per heavy atom. The second kappa shape index (κ2) is 6.72. The maximum atomic E-state index is 12.8. The number of hydrogen-bond acceptors (Lipinski definition) is 3. The highest BCUT2D eigenvalue weighted by molar-refractivity contribution is 5.89. The van der Waals surface area contributed by atoms with Crippen LogP contribution >= 0.6 is 0 Å². The van der Waals surface area contributed by atoms with Crippen LogP contribution in [0.4, 0.5) is 0 Å². The molecular weight excluding hydrogens is 292 g/mol. The molecule has 0 spiro atoms. The Kier molecular flexibility index (Phi) is 5.12. The normalized spacial score (nSPS) is 17.7. The van der Waals surface area contributed by atoms with Gasteiger partial charge in [0, 0.05) is 31.3 Å². The van der Waals surface area contributed by atoms with Crippen molar-refractivity contribution in [1.29, 1.82) is 0 Å². The molecule has 0 unspecified atom stereocenters. The van der Waals surface area contributed by atoms with Crippen LogP contribution in [0.3, 0.4) is 0 Å². The molecule has 2 amide bonds. The molecular formula is C17H28N4O2. The van der Waals surface area contributed by atoms with Crippen molar-refractivity contribution < 1.29 is 9.59 Å². The molecule has 0 radical (unpaired) electrons. The van der Waals surface area contributed by atoms with E-state index in [0.717, 1.165) is 23.4 Å². The molecule has 23 heavy (non-hydrogen) atoms. The van der Waals surface area contributed by atoms with E-state index < -0.39 is 6.04 Å². The van der Waals surface area contributed by atoms with Crippen molar-refractivity contribution >= 4 is 11.8 Å². The molecule has 0 bridgehead atoms. The Morgan fingerprint density at radius 1 is 1.26 bits per heavy atom. The van der Waals surface area contributed by atoms with Crippen molar-refractivity contribution in [2.75, 3.05) is 6.54 Å². The molecule has 6 heteroatoms. The maximum absolute atomic E-state index is 12.8. The monoisotopic (exact) mass is 320 g/mol. The molecule has 2 heterocycles. The number of aryl methyl sites for hydroxylation is 2. The first-order valence-electron chi connectivity index (χ1n) is 8.34. The van der Waals surface area contributed by atoms with Gasteiger partial charge < -0.3 is 10.2 Å². The lowest BCUT2D eigenvalue weighted by molar-refractivity contribution is -0.139. The second-order valence-electron chi connectivity index (χ2n) is 6.82. The quantitative estimate of drug-likeness (QED) is 0.900. The summed E-state index contributed by atoms with van der Waals surface area (Å²) < 4.78 is 1.83. The maximum Gasteiger partial charge on any atom is 0.243 e. The van der Waals surface area contributed by atoms with Crippen LogP contribution in [0.1, 0.15) is 56.6 Å². The average Bonchev–Trinajstić information content (AvgIpc) is 2.94. The molecule has 128 valence electrons. The van der Waals surface area contributed by atoms with E-state index in [9.17, 15) is 9.59 Å². The molecule has 0 aromatic carbocycles. The van der Waals surface area contributed by atoms with Gasteiger partial charge in [-0.1, -0.05) is 13.8 Å². The van der Waals surface area contributed by atoms with Crippen molar-refractivity contribution in [1.82, 2.24) is 20.0 Å². The number of carbonyl (C=O) groups excluding carboxylic acids is 2. The van der Waals surface area contributed by atoms with E-state index in [4.69, 9.17) is 0 Å². The molecule has 1 aliphatic heterocycles. The summed E-state index contributed by atoms with van der Waals surface area (Å²) in [5.41, 5.74) is 3.03. The lowest BCUT2D eigenvalue weighted by atomic mass is 10.00. The molecule has 1 aliphatic rings. The summed E-state index contributed by atoms with van der Waals surface area (Å²) in [7, 11) is 1.90. The fraction of sp³-hybridized carbons (Fsp3) is 0.706. The Labute approximate surface area is 138 Å². The number of rotatable bonds is 5. The summed E-state index contributed by atoms with van der Waals surface area (Å²) in [5, 5.41) is 7.49. The Balaban J connectivity index is 2.16. The van der Waals surface area contributed by atoms with Gasteiger partial charge in [-0.3, -0.25) is 14.3 Å². The molecule has 1 saturated heterocycles. The number of amides is 2. The largest absolute Gasteiger partial charge is 0.348 e. The summed E-state index contributed by atoms with van der Waals surface area (Å²) in [5.74, 6) is 0.0889. The molecule has 1 fully saturated rings. The topological polar surface area (TPSA) is 67.2 Å². The first-order chi connectivity index (χ1) is 10.7. The van der Waals surface area contributed by atoms with Gasteiger partial charge in [-0.15, -0.1) is 0 Å². The van der Waals surface area contributed by atoms with E-state index in [0.29, 0.717) is 13.0 Å². The van der Waals surface area contributed by atoms with Crippen molar-refractivity contribution in [2.45, 2.75) is 59.5 Å². The third-order valence-electron chi connectivity index (χ3n) is 4.70. The first kappa shape index (κ1) is 17.5.